The predicted molar refractivity (Wildman–Crippen MR) is 58.4 cm³/mol. The Kier molecular flexibility index (Phi) is 3.74. The maximum absolute atomic E-state index is 6.00. The van der Waals surface area contributed by atoms with Crippen molar-refractivity contribution in [3.05, 3.63) is 60.1 Å². The second kappa shape index (κ2) is 4.84. The van der Waals surface area contributed by atoms with Gasteiger partial charge in [0.1, 0.15) is 0 Å². The Morgan fingerprint density at radius 2 is 1.71 bits per heavy atom. The second-order valence-corrected chi connectivity index (χ2v) is 2.95. The molecule has 0 spiro atoms. The largest absolute Gasteiger partial charge is 0.472 e. The number of nitrogens with two attached hydrogens (primary N) is 1. The van der Waals surface area contributed by atoms with E-state index in [4.69, 9.17) is 10.2 Å². The fraction of sp³-hybridized carbons (Fsp3) is 0.0909. The lowest BCUT2D eigenvalue weighted by Gasteiger charge is -2.08. The quantitative estimate of drug-likeness (QED) is 0.826. The van der Waals surface area contributed by atoms with Crippen molar-refractivity contribution in [2.24, 2.45) is 5.73 Å². The Morgan fingerprint density at radius 1 is 1.00 bits per heavy atom. The van der Waals surface area contributed by atoms with E-state index in [1.165, 1.54) is 0 Å². The first kappa shape index (κ1) is 10.8. The minimum atomic E-state index is -0.0834. The summed E-state index contributed by atoms with van der Waals surface area (Å²) >= 11 is 0. The van der Waals surface area contributed by atoms with Crippen LogP contribution in [0.25, 0.3) is 0 Å². The van der Waals surface area contributed by atoms with Gasteiger partial charge in [0.05, 0.1) is 18.6 Å². The highest BCUT2D eigenvalue weighted by Crippen LogP contribution is 2.18. The number of hydrogen-bond donors (Lipinski definition) is 1. The molecule has 0 aliphatic carbocycles. The fourth-order valence-corrected chi connectivity index (χ4v) is 1.30. The fourth-order valence-electron chi connectivity index (χ4n) is 1.30. The van der Waals surface area contributed by atoms with Gasteiger partial charge in [-0.2, -0.15) is 0 Å². The molecule has 3 heteroatoms. The summed E-state index contributed by atoms with van der Waals surface area (Å²) < 4.78 is 4.98. The maximum atomic E-state index is 6.00. The third-order valence-electron chi connectivity index (χ3n) is 2.06. The molecule has 1 atom stereocenters. The van der Waals surface area contributed by atoms with Crippen LogP contribution < -0.4 is 5.73 Å². The molecular weight excluding hydrogens is 198 g/mol. The molecule has 1 heterocycles. The molecule has 2 nitrogen and oxygen atoms in total. The molecule has 1 aromatic heterocycles. The third-order valence-corrected chi connectivity index (χ3v) is 2.06. The Labute approximate surface area is 89.1 Å². The summed E-state index contributed by atoms with van der Waals surface area (Å²) in [7, 11) is 0. The van der Waals surface area contributed by atoms with Crippen LogP contribution >= 0.6 is 12.4 Å². The smallest absolute Gasteiger partial charge is 0.0953 e. The molecule has 14 heavy (non-hydrogen) atoms. The lowest BCUT2D eigenvalue weighted by Crippen LogP contribution is -2.10. The van der Waals surface area contributed by atoms with E-state index in [1.54, 1.807) is 12.5 Å². The first-order valence-corrected chi connectivity index (χ1v) is 4.20. The van der Waals surface area contributed by atoms with E-state index in [-0.39, 0.29) is 18.4 Å². The number of halogens is 1. The van der Waals surface area contributed by atoms with E-state index in [0.29, 0.717) is 0 Å². The minimum absolute atomic E-state index is 0. The van der Waals surface area contributed by atoms with Gasteiger partial charge in [0.15, 0.2) is 0 Å². The second-order valence-electron chi connectivity index (χ2n) is 2.95. The van der Waals surface area contributed by atoms with Gasteiger partial charge in [-0.15, -0.1) is 12.4 Å². The van der Waals surface area contributed by atoms with Gasteiger partial charge < -0.3 is 10.2 Å². The number of furan rings is 1. The normalized spacial score (nSPS) is 11.8. The van der Waals surface area contributed by atoms with Crippen LogP contribution in [0.3, 0.4) is 0 Å². The van der Waals surface area contributed by atoms with Crippen LogP contribution in [0, 0.1) is 0 Å². The Hall–Kier alpha value is -1.25. The molecule has 2 rings (SSSR count). The lowest BCUT2D eigenvalue weighted by atomic mass is 10.0. The van der Waals surface area contributed by atoms with Gasteiger partial charge in [0, 0.05) is 5.56 Å². The molecule has 74 valence electrons. The molecule has 2 aromatic rings. The zero-order valence-corrected chi connectivity index (χ0v) is 8.41. The minimum Gasteiger partial charge on any atom is -0.472 e. The number of benzene rings is 1. The van der Waals surface area contributed by atoms with E-state index in [2.05, 4.69) is 0 Å². The van der Waals surface area contributed by atoms with Gasteiger partial charge in [0.25, 0.3) is 0 Å². The maximum Gasteiger partial charge on any atom is 0.0953 e. The molecule has 0 bridgehead atoms. The number of rotatable bonds is 2. The summed E-state index contributed by atoms with van der Waals surface area (Å²) in [6, 6.07) is 11.8. The van der Waals surface area contributed by atoms with Crippen molar-refractivity contribution in [1.82, 2.24) is 0 Å². The highest BCUT2D eigenvalue weighted by atomic mass is 35.5. The standard InChI is InChI=1S/C11H11NO.ClH/c12-11(10-6-7-13-8-10)9-4-2-1-3-5-9;/h1-8,11H,12H2;1H. The van der Waals surface area contributed by atoms with Crippen LogP contribution in [-0.2, 0) is 0 Å². The zero-order chi connectivity index (χ0) is 9.10. The molecule has 0 radical (unpaired) electrons. The monoisotopic (exact) mass is 209 g/mol. The van der Waals surface area contributed by atoms with Crippen molar-refractivity contribution in [1.29, 1.82) is 0 Å². The van der Waals surface area contributed by atoms with Crippen LogP contribution in [0.15, 0.2) is 53.3 Å². The highest BCUT2D eigenvalue weighted by molar-refractivity contribution is 5.85. The lowest BCUT2D eigenvalue weighted by molar-refractivity contribution is 0.562. The van der Waals surface area contributed by atoms with Crippen LogP contribution in [-0.4, -0.2) is 0 Å². The van der Waals surface area contributed by atoms with Crippen LogP contribution in [0.1, 0.15) is 17.2 Å². The van der Waals surface area contributed by atoms with E-state index in [0.717, 1.165) is 11.1 Å². The third kappa shape index (κ3) is 2.16. The summed E-state index contributed by atoms with van der Waals surface area (Å²) in [5, 5.41) is 0. The Morgan fingerprint density at radius 3 is 2.29 bits per heavy atom. The summed E-state index contributed by atoms with van der Waals surface area (Å²) in [6.07, 6.45) is 3.32. The average molecular weight is 210 g/mol. The molecule has 0 amide bonds. The van der Waals surface area contributed by atoms with Gasteiger partial charge in [-0.1, -0.05) is 30.3 Å². The first-order valence-electron chi connectivity index (χ1n) is 4.20. The van der Waals surface area contributed by atoms with Crippen molar-refractivity contribution in [2.75, 3.05) is 0 Å². The SMILES string of the molecule is Cl.NC(c1ccccc1)c1ccoc1. The van der Waals surface area contributed by atoms with Gasteiger partial charge in [-0.25, -0.2) is 0 Å². The number of hydrogen-bond acceptors (Lipinski definition) is 2. The van der Waals surface area contributed by atoms with Gasteiger partial charge >= 0.3 is 0 Å². The van der Waals surface area contributed by atoms with E-state index in [1.807, 2.05) is 36.4 Å². The molecular formula is C11H12ClNO. The van der Waals surface area contributed by atoms with Crippen LogP contribution in [0.2, 0.25) is 0 Å². The molecule has 2 N–H and O–H groups in total. The first-order chi connectivity index (χ1) is 6.38. The molecule has 1 aromatic carbocycles. The van der Waals surface area contributed by atoms with Crippen molar-refractivity contribution < 1.29 is 4.42 Å². The molecule has 0 saturated heterocycles. The highest BCUT2D eigenvalue weighted by Gasteiger charge is 2.08. The zero-order valence-electron chi connectivity index (χ0n) is 7.59. The van der Waals surface area contributed by atoms with Crippen molar-refractivity contribution >= 4 is 12.4 Å². The molecule has 0 aliphatic rings. The van der Waals surface area contributed by atoms with E-state index >= 15 is 0 Å². The molecule has 1 unspecified atom stereocenters. The predicted octanol–water partition coefficient (Wildman–Crippen LogP) is 2.75. The van der Waals surface area contributed by atoms with E-state index < -0.39 is 0 Å². The van der Waals surface area contributed by atoms with Gasteiger partial charge in [-0.05, 0) is 11.6 Å². The average Bonchev–Trinajstić information content (AvgIpc) is 2.71. The van der Waals surface area contributed by atoms with Crippen molar-refractivity contribution in [3.63, 3.8) is 0 Å². The molecule has 0 fully saturated rings. The summed E-state index contributed by atoms with van der Waals surface area (Å²) in [5.41, 5.74) is 8.11. The van der Waals surface area contributed by atoms with Gasteiger partial charge in [-0.3, -0.25) is 0 Å². The molecule has 0 saturated carbocycles. The van der Waals surface area contributed by atoms with Crippen molar-refractivity contribution in [3.8, 4) is 0 Å². The summed E-state index contributed by atoms with van der Waals surface area (Å²) in [5.74, 6) is 0. The Balaban J connectivity index is 0.000000980. The van der Waals surface area contributed by atoms with Crippen LogP contribution in [0.4, 0.5) is 0 Å². The summed E-state index contributed by atoms with van der Waals surface area (Å²) in [4.78, 5) is 0. The Bertz CT molecular complexity index is 358. The topological polar surface area (TPSA) is 39.2 Å². The van der Waals surface area contributed by atoms with E-state index in [9.17, 15) is 0 Å². The van der Waals surface area contributed by atoms with Crippen LogP contribution in [0.5, 0.6) is 0 Å². The molecule has 0 aliphatic heterocycles. The van der Waals surface area contributed by atoms with Crippen molar-refractivity contribution in [2.45, 2.75) is 6.04 Å². The summed E-state index contributed by atoms with van der Waals surface area (Å²) in [6.45, 7) is 0. The van der Waals surface area contributed by atoms with Gasteiger partial charge in [0.2, 0.25) is 0 Å².